The Morgan fingerprint density at radius 1 is 0.971 bits per heavy atom. The average Bonchev–Trinajstić information content (AvgIpc) is 3.06. The lowest BCUT2D eigenvalue weighted by atomic mass is 9.81. The molecule has 7 nitrogen and oxygen atoms in total. The molecule has 0 radical (unpaired) electrons. The Morgan fingerprint density at radius 2 is 1.65 bits per heavy atom. The number of carbonyl (C=O) groups excluding carboxylic acids is 1. The van der Waals surface area contributed by atoms with Gasteiger partial charge in [0.1, 0.15) is 5.82 Å². The van der Waals surface area contributed by atoms with Gasteiger partial charge in [0.05, 0.1) is 13.2 Å². The first-order valence-corrected chi connectivity index (χ1v) is 10.8. The van der Waals surface area contributed by atoms with Gasteiger partial charge < -0.3 is 15.2 Å². The lowest BCUT2D eigenvalue weighted by Gasteiger charge is -2.27. The number of benzene rings is 2. The van der Waals surface area contributed by atoms with E-state index in [1.165, 1.54) is 48.5 Å². The van der Waals surface area contributed by atoms with E-state index in [2.05, 4.69) is 9.98 Å². The Morgan fingerprint density at radius 3 is 2.29 bits per heavy atom. The van der Waals surface area contributed by atoms with Gasteiger partial charge in [-0.25, -0.2) is 14.4 Å². The van der Waals surface area contributed by atoms with Gasteiger partial charge in [0, 0.05) is 24.4 Å². The summed E-state index contributed by atoms with van der Waals surface area (Å²) in [6.07, 6.45) is 1.28. The van der Waals surface area contributed by atoms with Crippen molar-refractivity contribution in [1.29, 1.82) is 0 Å². The molecule has 1 aliphatic heterocycles. The minimum atomic E-state index is -1.63. The first kappa shape index (κ1) is 23.2. The molecule has 2 N–H and O–H groups in total. The number of nitrogens with zero attached hydrogens (tertiary/aromatic N) is 3. The molecule has 0 bridgehead atoms. The van der Waals surface area contributed by atoms with Crippen LogP contribution < -0.4 is 15.2 Å². The zero-order valence-electron chi connectivity index (χ0n) is 19.0. The standard InChI is InChI=1S/C25H24F2N4O3/c1-4-33-20-11-9-16(14-21(20)34-5-2)25(23(32)31(3)24(28)30-25)15-8-10-19(26)18(13-15)17-7-6-12-29-22(17)27/h6-14H,4-5H2,1-3H3,(H2,28,30)/t25-/m0/s1. The Balaban J connectivity index is 1.97. The third kappa shape index (κ3) is 3.72. The fraction of sp³-hybridized carbons (Fsp3) is 0.240. The maximum atomic E-state index is 14.8. The number of aromatic nitrogens is 1. The highest BCUT2D eigenvalue weighted by Crippen LogP contribution is 2.43. The fourth-order valence-corrected chi connectivity index (χ4v) is 4.00. The van der Waals surface area contributed by atoms with Gasteiger partial charge >= 0.3 is 0 Å². The van der Waals surface area contributed by atoms with Crippen LogP contribution in [0.25, 0.3) is 11.1 Å². The summed E-state index contributed by atoms with van der Waals surface area (Å²) in [5, 5.41) is 0. The van der Waals surface area contributed by atoms with Crippen molar-refractivity contribution in [3.8, 4) is 22.6 Å². The second-order valence-corrected chi connectivity index (χ2v) is 7.61. The smallest absolute Gasteiger partial charge is 0.266 e. The van der Waals surface area contributed by atoms with Crippen LogP contribution in [0.4, 0.5) is 8.78 Å². The summed E-state index contributed by atoms with van der Waals surface area (Å²) in [5.74, 6) is -1.00. The molecule has 176 valence electrons. The number of aliphatic imine (C=N–C) groups is 1. The highest BCUT2D eigenvalue weighted by atomic mass is 19.1. The first-order valence-electron chi connectivity index (χ1n) is 10.8. The van der Waals surface area contributed by atoms with Crippen LogP contribution in [-0.4, -0.2) is 42.0 Å². The summed E-state index contributed by atoms with van der Waals surface area (Å²) < 4.78 is 40.6. The zero-order chi connectivity index (χ0) is 24.5. The summed E-state index contributed by atoms with van der Waals surface area (Å²) in [6, 6.07) is 12.0. The molecule has 3 aromatic rings. The van der Waals surface area contributed by atoms with Crippen LogP contribution in [0.1, 0.15) is 25.0 Å². The molecule has 0 spiro atoms. The molecule has 9 heteroatoms. The van der Waals surface area contributed by atoms with Crippen molar-refractivity contribution >= 4 is 11.9 Å². The van der Waals surface area contributed by atoms with Gasteiger partial charge in [0.25, 0.3) is 5.91 Å². The summed E-state index contributed by atoms with van der Waals surface area (Å²) in [4.78, 5) is 23.0. The van der Waals surface area contributed by atoms with E-state index in [1.807, 2.05) is 13.8 Å². The van der Waals surface area contributed by atoms with E-state index in [-0.39, 0.29) is 17.1 Å². The van der Waals surface area contributed by atoms with Gasteiger partial charge in [-0.1, -0.05) is 12.1 Å². The highest BCUT2D eigenvalue weighted by molar-refractivity contribution is 6.09. The average molecular weight is 466 g/mol. The Labute approximate surface area is 195 Å². The summed E-state index contributed by atoms with van der Waals surface area (Å²) in [6.45, 7) is 4.48. The van der Waals surface area contributed by atoms with Crippen molar-refractivity contribution in [2.24, 2.45) is 10.7 Å². The number of nitrogens with two attached hydrogens (primary N) is 1. The highest BCUT2D eigenvalue weighted by Gasteiger charge is 2.50. The van der Waals surface area contributed by atoms with Crippen molar-refractivity contribution in [3.63, 3.8) is 0 Å². The third-order valence-electron chi connectivity index (χ3n) is 5.63. The van der Waals surface area contributed by atoms with Crippen molar-refractivity contribution in [3.05, 3.63) is 77.6 Å². The van der Waals surface area contributed by atoms with Gasteiger partial charge in [0.15, 0.2) is 23.0 Å². The van der Waals surface area contributed by atoms with E-state index in [0.29, 0.717) is 35.8 Å². The minimum absolute atomic E-state index is 0.00437. The predicted octanol–water partition coefficient (Wildman–Crippen LogP) is 3.85. The molecule has 2 heterocycles. The molecule has 4 rings (SSSR count). The summed E-state index contributed by atoms with van der Waals surface area (Å²) in [7, 11) is 1.51. The van der Waals surface area contributed by atoms with Crippen LogP contribution in [0.2, 0.25) is 0 Å². The maximum Gasteiger partial charge on any atom is 0.266 e. The van der Waals surface area contributed by atoms with Gasteiger partial charge in [-0.3, -0.25) is 9.69 Å². The maximum absolute atomic E-state index is 14.8. The first-order chi connectivity index (χ1) is 16.3. The fourth-order valence-electron chi connectivity index (χ4n) is 4.00. The molecule has 0 saturated carbocycles. The van der Waals surface area contributed by atoms with Crippen molar-refractivity contribution < 1.29 is 23.0 Å². The number of hydrogen-bond acceptors (Lipinski definition) is 6. The van der Waals surface area contributed by atoms with Crippen LogP contribution in [0.3, 0.4) is 0 Å². The number of guanidine groups is 1. The van der Waals surface area contributed by atoms with E-state index < -0.39 is 23.2 Å². The third-order valence-corrected chi connectivity index (χ3v) is 5.63. The quantitative estimate of drug-likeness (QED) is 0.534. The molecule has 0 aliphatic carbocycles. The number of pyridine rings is 1. The number of carbonyl (C=O) groups is 1. The van der Waals surface area contributed by atoms with Crippen molar-refractivity contribution in [1.82, 2.24) is 9.88 Å². The van der Waals surface area contributed by atoms with E-state index in [1.54, 1.807) is 18.2 Å². The predicted molar refractivity (Wildman–Crippen MR) is 124 cm³/mol. The lowest BCUT2D eigenvalue weighted by molar-refractivity contribution is -0.129. The lowest BCUT2D eigenvalue weighted by Crippen LogP contribution is -2.41. The molecule has 1 amide bonds. The van der Waals surface area contributed by atoms with Gasteiger partial charge in [-0.05, 0) is 61.4 Å². The van der Waals surface area contributed by atoms with E-state index in [4.69, 9.17) is 15.2 Å². The molecule has 1 aliphatic rings. The SMILES string of the molecule is CCOc1ccc([C@]2(c3ccc(F)c(-c4cccnc4F)c3)N=C(N)N(C)C2=O)cc1OCC. The number of hydrogen-bond donors (Lipinski definition) is 1. The summed E-state index contributed by atoms with van der Waals surface area (Å²) in [5.41, 5.74) is 5.10. The van der Waals surface area contributed by atoms with Crippen LogP contribution in [-0.2, 0) is 10.3 Å². The van der Waals surface area contributed by atoms with E-state index >= 15 is 0 Å². The molecule has 0 fully saturated rings. The van der Waals surface area contributed by atoms with Crippen molar-refractivity contribution in [2.75, 3.05) is 20.3 Å². The summed E-state index contributed by atoms with van der Waals surface area (Å²) >= 11 is 0. The Hall–Kier alpha value is -4.01. The van der Waals surface area contributed by atoms with Crippen LogP contribution in [0.15, 0.2) is 59.7 Å². The second kappa shape index (κ2) is 9.09. The number of halogens is 2. The monoisotopic (exact) mass is 466 g/mol. The van der Waals surface area contributed by atoms with Gasteiger partial charge in [-0.15, -0.1) is 0 Å². The van der Waals surface area contributed by atoms with Crippen molar-refractivity contribution in [2.45, 2.75) is 19.4 Å². The van der Waals surface area contributed by atoms with Gasteiger partial charge in [-0.2, -0.15) is 4.39 Å². The van der Waals surface area contributed by atoms with Crippen LogP contribution in [0, 0.1) is 11.8 Å². The Kier molecular flexibility index (Phi) is 6.19. The van der Waals surface area contributed by atoms with Crippen LogP contribution >= 0.6 is 0 Å². The molecule has 1 atom stereocenters. The van der Waals surface area contributed by atoms with Gasteiger partial charge in [0.2, 0.25) is 5.95 Å². The molecular formula is C25H24F2N4O3. The number of rotatable bonds is 7. The molecule has 34 heavy (non-hydrogen) atoms. The Bertz CT molecular complexity index is 1280. The largest absolute Gasteiger partial charge is 0.490 e. The zero-order valence-corrected chi connectivity index (χ0v) is 19.0. The van der Waals surface area contributed by atoms with E-state index in [0.717, 1.165) is 0 Å². The number of ether oxygens (including phenoxy) is 2. The normalized spacial score (nSPS) is 17.6. The molecule has 0 unspecified atom stereocenters. The molecular weight excluding hydrogens is 442 g/mol. The molecule has 2 aromatic carbocycles. The minimum Gasteiger partial charge on any atom is -0.490 e. The molecule has 1 aromatic heterocycles. The topological polar surface area (TPSA) is 90.0 Å². The molecule has 0 saturated heterocycles. The number of likely N-dealkylation sites (N-methyl/N-ethyl adjacent to an activating group) is 1. The second-order valence-electron chi connectivity index (χ2n) is 7.61. The number of amides is 1. The van der Waals surface area contributed by atoms with Crippen LogP contribution in [0.5, 0.6) is 11.5 Å². The van der Waals surface area contributed by atoms with E-state index in [9.17, 15) is 13.6 Å².